The zero-order valence-corrected chi connectivity index (χ0v) is 17.5. The number of carbonyl (C=O) groups excluding carboxylic acids is 2. The molecule has 30 heavy (non-hydrogen) atoms. The van der Waals surface area contributed by atoms with Crippen molar-refractivity contribution in [2.75, 3.05) is 6.54 Å². The number of aryl methyl sites for hydroxylation is 1. The predicted octanol–water partition coefficient (Wildman–Crippen LogP) is 4.77. The van der Waals surface area contributed by atoms with Crippen LogP contribution in [0.5, 0.6) is 0 Å². The van der Waals surface area contributed by atoms with Crippen molar-refractivity contribution in [3.05, 3.63) is 71.0 Å². The Morgan fingerprint density at radius 2 is 1.53 bits per heavy atom. The van der Waals surface area contributed by atoms with Gasteiger partial charge in [-0.15, -0.1) is 0 Å². The third-order valence-corrected chi connectivity index (χ3v) is 6.38. The van der Waals surface area contributed by atoms with E-state index in [0.717, 1.165) is 42.4 Å². The van der Waals surface area contributed by atoms with Gasteiger partial charge in [-0.05, 0) is 43.0 Å². The fraction of sp³-hybridized carbons (Fsp3) is 0.440. The summed E-state index contributed by atoms with van der Waals surface area (Å²) in [6.07, 6.45) is 6.55. The second kappa shape index (κ2) is 8.99. The molecular formula is C25H29FN2O2. The molecule has 2 aliphatic rings. The molecule has 5 heteroatoms. The number of nitrogens with zero attached hydrogens (tertiary/aromatic N) is 2. The Bertz CT molecular complexity index is 886. The monoisotopic (exact) mass is 408 g/mol. The quantitative estimate of drug-likeness (QED) is 0.684. The Balaban J connectivity index is 1.66. The predicted molar refractivity (Wildman–Crippen MR) is 114 cm³/mol. The van der Waals surface area contributed by atoms with Gasteiger partial charge in [0.1, 0.15) is 18.4 Å². The Hall–Kier alpha value is -2.69. The molecule has 158 valence electrons. The van der Waals surface area contributed by atoms with E-state index in [4.69, 9.17) is 0 Å². The summed E-state index contributed by atoms with van der Waals surface area (Å²) in [5.74, 6) is -0.351. The van der Waals surface area contributed by atoms with Crippen molar-refractivity contribution in [2.24, 2.45) is 0 Å². The molecule has 2 amide bonds. The van der Waals surface area contributed by atoms with Crippen LogP contribution < -0.4 is 0 Å². The van der Waals surface area contributed by atoms with Crippen LogP contribution in [0.2, 0.25) is 0 Å². The molecule has 1 atom stereocenters. The van der Waals surface area contributed by atoms with E-state index in [0.29, 0.717) is 6.54 Å². The van der Waals surface area contributed by atoms with E-state index in [-0.39, 0.29) is 30.2 Å². The van der Waals surface area contributed by atoms with Crippen molar-refractivity contribution in [3.8, 4) is 0 Å². The molecule has 4 nitrogen and oxygen atoms in total. The molecule has 1 aliphatic heterocycles. The Labute approximate surface area is 177 Å². The smallest absolute Gasteiger partial charge is 0.250 e. The van der Waals surface area contributed by atoms with Crippen LogP contribution in [-0.2, 0) is 16.1 Å². The van der Waals surface area contributed by atoms with Crippen molar-refractivity contribution in [3.63, 3.8) is 0 Å². The maximum Gasteiger partial charge on any atom is 0.250 e. The second-order valence-electron chi connectivity index (χ2n) is 8.57. The van der Waals surface area contributed by atoms with Crippen LogP contribution in [0.4, 0.5) is 4.39 Å². The molecule has 1 heterocycles. The molecule has 1 saturated heterocycles. The van der Waals surface area contributed by atoms with Crippen LogP contribution in [0.25, 0.3) is 0 Å². The van der Waals surface area contributed by atoms with E-state index in [1.54, 1.807) is 17.0 Å². The highest BCUT2D eigenvalue weighted by Crippen LogP contribution is 2.33. The molecule has 0 radical (unpaired) electrons. The summed E-state index contributed by atoms with van der Waals surface area (Å²) in [6.45, 7) is 2.43. The number of hydrogen-bond donors (Lipinski definition) is 0. The first-order valence-corrected chi connectivity index (χ1v) is 10.9. The summed E-state index contributed by atoms with van der Waals surface area (Å²) in [6, 6.07) is 13.5. The third-order valence-electron chi connectivity index (χ3n) is 6.38. The second-order valence-corrected chi connectivity index (χ2v) is 8.57. The van der Waals surface area contributed by atoms with E-state index in [1.807, 2.05) is 36.1 Å². The van der Waals surface area contributed by atoms with Gasteiger partial charge in [0.05, 0.1) is 0 Å². The minimum absolute atomic E-state index is 0.00691. The van der Waals surface area contributed by atoms with Crippen molar-refractivity contribution >= 4 is 11.8 Å². The Morgan fingerprint density at radius 3 is 2.17 bits per heavy atom. The average molecular weight is 409 g/mol. The Kier molecular flexibility index (Phi) is 6.16. The zero-order chi connectivity index (χ0) is 21.1. The number of piperazine rings is 1. The number of halogens is 1. The van der Waals surface area contributed by atoms with Gasteiger partial charge >= 0.3 is 0 Å². The first-order valence-electron chi connectivity index (χ1n) is 10.9. The molecule has 4 rings (SSSR count). The number of hydrogen-bond acceptors (Lipinski definition) is 2. The summed E-state index contributed by atoms with van der Waals surface area (Å²) in [4.78, 5) is 30.4. The largest absolute Gasteiger partial charge is 0.328 e. The number of benzene rings is 2. The molecule has 0 unspecified atom stereocenters. The van der Waals surface area contributed by atoms with Gasteiger partial charge < -0.3 is 9.80 Å². The fourth-order valence-electron chi connectivity index (χ4n) is 4.66. The van der Waals surface area contributed by atoms with Crippen molar-refractivity contribution in [1.29, 1.82) is 0 Å². The lowest BCUT2D eigenvalue weighted by Crippen LogP contribution is -2.57. The van der Waals surface area contributed by atoms with Crippen LogP contribution in [0.15, 0.2) is 48.5 Å². The van der Waals surface area contributed by atoms with E-state index in [9.17, 15) is 14.0 Å². The average Bonchev–Trinajstić information content (AvgIpc) is 3.02. The highest BCUT2D eigenvalue weighted by Gasteiger charge is 2.42. The molecule has 0 bridgehead atoms. The topological polar surface area (TPSA) is 40.6 Å². The van der Waals surface area contributed by atoms with Gasteiger partial charge in [0.15, 0.2) is 0 Å². The van der Waals surface area contributed by atoms with Crippen LogP contribution >= 0.6 is 0 Å². The number of carbonyl (C=O) groups is 2. The minimum Gasteiger partial charge on any atom is -0.328 e. The third kappa shape index (κ3) is 4.40. The van der Waals surface area contributed by atoms with Crippen LogP contribution in [0, 0.1) is 12.7 Å². The molecule has 0 aromatic heterocycles. The summed E-state index contributed by atoms with van der Waals surface area (Å²) in [7, 11) is 0. The van der Waals surface area contributed by atoms with Gasteiger partial charge in [-0.25, -0.2) is 4.39 Å². The molecule has 1 saturated carbocycles. The summed E-state index contributed by atoms with van der Waals surface area (Å²) in [5, 5.41) is 0. The van der Waals surface area contributed by atoms with E-state index in [1.165, 1.54) is 25.0 Å². The molecular weight excluding hydrogens is 379 g/mol. The summed E-state index contributed by atoms with van der Waals surface area (Å²) < 4.78 is 13.3. The van der Waals surface area contributed by atoms with Crippen molar-refractivity contribution < 1.29 is 14.0 Å². The zero-order valence-electron chi connectivity index (χ0n) is 17.5. The lowest BCUT2D eigenvalue weighted by Gasteiger charge is -2.43. The standard InChI is InChI=1S/C25H29FN2O2/c1-18-8-12-20(13-9-18)24-25(30)27(22-6-4-2-3-5-7-22)17-23(29)28(24)16-19-10-14-21(26)15-11-19/h8-15,22,24H,2-7,16-17H2,1H3/t24-/m1/s1. The first kappa shape index (κ1) is 20.6. The maximum atomic E-state index is 13.7. The molecule has 0 N–H and O–H groups in total. The first-order chi connectivity index (χ1) is 14.5. The summed E-state index contributed by atoms with van der Waals surface area (Å²) >= 11 is 0. The van der Waals surface area contributed by atoms with Gasteiger partial charge in [-0.2, -0.15) is 0 Å². The molecule has 1 aliphatic carbocycles. The van der Waals surface area contributed by atoms with Crippen molar-refractivity contribution in [1.82, 2.24) is 9.80 Å². The van der Waals surface area contributed by atoms with Gasteiger partial charge in [0.25, 0.3) is 5.91 Å². The lowest BCUT2D eigenvalue weighted by atomic mass is 9.96. The highest BCUT2D eigenvalue weighted by atomic mass is 19.1. The molecule has 0 spiro atoms. The number of rotatable bonds is 4. The lowest BCUT2D eigenvalue weighted by molar-refractivity contribution is -0.159. The summed E-state index contributed by atoms with van der Waals surface area (Å²) in [5.41, 5.74) is 2.76. The maximum absolute atomic E-state index is 13.7. The number of amides is 2. The van der Waals surface area contributed by atoms with Gasteiger partial charge in [0.2, 0.25) is 5.91 Å². The fourth-order valence-corrected chi connectivity index (χ4v) is 4.66. The SMILES string of the molecule is Cc1ccc([C@@H]2C(=O)N(C3CCCCCC3)CC(=O)N2Cc2ccc(F)cc2)cc1. The minimum atomic E-state index is -0.639. The van der Waals surface area contributed by atoms with Gasteiger partial charge in [-0.3, -0.25) is 9.59 Å². The van der Waals surface area contributed by atoms with Crippen LogP contribution in [-0.4, -0.2) is 34.2 Å². The van der Waals surface area contributed by atoms with E-state index >= 15 is 0 Å². The van der Waals surface area contributed by atoms with E-state index in [2.05, 4.69) is 0 Å². The van der Waals surface area contributed by atoms with Gasteiger partial charge in [0, 0.05) is 12.6 Å². The van der Waals surface area contributed by atoms with Crippen LogP contribution in [0.3, 0.4) is 0 Å². The molecule has 2 aromatic rings. The molecule has 2 fully saturated rings. The van der Waals surface area contributed by atoms with Gasteiger partial charge in [-0.1, -0.05) is 67.6 Å². The normalized spacial score (nSPS) is 21.1. The van der Waals surface area contributed by atoms with E-state index < -0.39 is 6.04 Å². The van der Waals surface area contributed by atoms with Crippen LogP contribution in [0.1, 0.15) is 61.3 Å². The van der Waals surface area contributed by atoms with Crippen molar-refractivity contribution in [2.45, 2.75) is 64.1 Å². The molecule has 2 aromatic carbocycles. The highest BCUT2D eigenvalue weighted by molar-refractivity contribution is 5.95. The Morgan fingerprint density at radius 1 is 0.900 bits per heavy atom.